The van der Waals surface area contributed by atoms with Crippen LogP contribution in [0.25, 0.3) is 0 Å². The van der Waals surface area contributed by atoms with E-state index < -0.39 is 6.04 Å². The van der Waals surface area contributed by atoms with Crippen molar-refractivity contribution < 1.29 is 19.1 Å². The van der Waals surface area contributed by atoms with Crippen LogP contribution in [0.1, 0.15) is 44.2 Å². The molecule has 0 aromatic heterocycles. The Morgan fingerprint density at radius 3 is 2.34 bits per heavy atom. The van der Waals surface area contributed by atoms with Gasteiger partial charge in [-0.2, -0.15) is 0 Å². The Morgan fingerprint density at radius 1 is 1.00 bits per heavy atom. The van der Waals surface area contributed by atoms with Gasteiger partial charge < -0.3 is 25.6 Å². The summed E-state index contributed by atoms with van der Waals surface area (Å²) in [6, 6.07) is 14.0. The largest absolute Gasteiger partial charge is 0.376 e. The van der Waals surface area contributed by atoms with Crippen molar-refractivity contribution in [2.24, 2.45) is 5.92 Å². The van der Waals surface area contributed by atoms with Gasteiger partial charge in [0.05, 0.1) is 6.10 Å². The molecular formula is C27H34N4O4. The molecule has 2 aliphatic heterocycles. The predicted molar refractivity (Wildman–Crippen MR) is 135 cm³/mol. The normalized spacial score (nSPS) is 19.2. The quantitative estimate of drug-likeness (QED) is 0.562. The molecule has 0 bridgehead atoms. The Labute approximate surface area is 206 Å². The van der Waals surface area contributed by atoms with Gasteiger partial charge >= 0.3 is 6.03 Å². The summed E-state index contributed by atoms with van der Waals surface area (Å²) in [6.45, 7) is 5.67. The molecular weight excluding hydrogens is 444 g/mol. The minimum absolute atomic E-state index is 0.0109. The summed E-state index contributed by atoms with van der Waals surface area (Å²) < 4.78 is 5.51. The van der Waals surface area contributed by atoms with Gasteiger partial charge in [0.1, 0.15) is 6.04 Å². The minimum atomic E-state index is -0.572. The van der Waals surface area contributed by atoms with Gasteiger partial charge in [0, 0.05) is 43.9 Å². The van der Waals surface area contributed by atoms with Crippen molar-refractivity contribution in [3.63, 3.8) is 0 Å². The second-order valence-electron chi connectivity index (χ2n) is 9.64. The van der Waals surface area contributed by atoms with Gasteiger partial charge in [-0.3, -0.25) is 9.59 Å². The lowest BCUT2D eigenvalue weighted by atomic mass is 9.92. The molecule has 2 aromatic carbocycles. The zero-order valence-electron chi connectivity index (χ0n) is 20.4. The van der Waals surface area contributed by atoms with Gasteiger partial charge in [0.15, 0.2) is 0 Å². The van der Waals surface area contributed by atoms with Crippen LogP contribution < -0.4 is 16.0 Å². The molecule has 2 unspecified atom stereocenters. The van der Waals surface area contributed by atoms with Gasteiger partial charge in [-0.05, 0) is 54.2 Å². The van der Waals surface area contributed by atoms with E-state index >= 15 is 0 Å². The number of ether oxygens (including phenoxy) is 1. The third kappa shape index (κ3) is 6.60. The molecule has 4 amide bonds. The summed E-state index contributed by atoms with van der Waals surface area (Å²) in [4.78, 5) is 40.0. The van der Waals surface area contributed by atoms with Gasteiger partial charge in [0.25, 0.3) is 0 Å². The number of nitrogens with zero attached hydrogens (tertiary/aromatic N) is 1. The molecule has 8 heteroatoms. The third-order valence-corrected chi connectivity index (χ3v) is 6.38. The highest BCUT2D eigenvalue weighted by Gasteiger charge is 2.34. The fourth-order valence-electron chi connectivity index (χ4n) is 4.54. The summed E-state index contributed by atoms with van der Waals surface area (Å²) in [6.07, 6.45) is 2.95. The van der Waals surface area contributed by atoms with Crippen molar-refractivity contribution >= 4 is 29.2 Å². The van der Waals surface area contributed by atoms with Crippen LogP contribution in [-0.4, -0.2) is 48.0 Å². The number of carbonyl (C=O) groups excluding carboxylic acids is 3. The van der Waals surface area contributed by atoms with Crippen LogP contribution in [0.5, 0.6) is 0 Å². The number of benzene rings is 2. The van der Waals surface area contributed by atoms with E-state index in [0.29, 0.717) is 37.3 Å². The molecule has 2 atom stereocenters. The van der Waals surface area contributed by atoms with E-state index in [1.807, 2.05) is 38.1 Å². The zero-order valence-corrected chi connectivity index (χ0v) is 20.4. The van der Waals surface area contributed by atoms with Crippen LogP contribution in [0.3, 0.4) is 0 Å². The fourth-order valence-corrected chi connectivity index (χ4v) is 4.54. The highest BCUT2D eigenvalue weighted by molar-refractivity contribution is 5.98. The van der Waals surface area contributed by atoms with E-state index in [-0.39, 0.29) is 29.9 Å². The summed E-state index contributed by atoms with van der Waals surface area (Å²) in [5.41, 5.74) is 3.40. The monoisotopic (exact) mass is 478 g/mol. The van der Waals surface area contributed by atoms with Crippen LogP contribution in [0.4, 0.5) is 16.2 Å². The van der Waals surface area contributed by atoms with E-state index in [1.54, 1.807) is 29.2 Å². The summed E-state index contributed by atoms with van der Waals surface area (Å²) in [7, 11) is 0. The van der Waals surface area contributed by atoms with E-state index in [4.69, 9.17) is 4.74 Å². The van der Waals surface area contributed by atoms with Gasteiger partial charge in [-0.25, -0.2) is 4.79 Å². The lowest BCUT2D eigenvalue weighted by Gasteiger charge is -2.36. The Kier molecular flexibility index (Phi) is 8.02. The van der Waals surface area contributed by atoms with Gasteiger partial charge in [-0.1, -0.05) is 38.1 Å². The molecule has 2 aromatic rings. The first-order chi connectivity index (χ1) is 16.9. The Bertz CT molecular complexity index is 1050. The number of carbonyl (C=O) groups is 3. The van der Waals surface area contributed by atoms with Crippen molar-refractivity contribution in [1.82, 2.24) is 10.2 Å². The van der Waals surface area contributed by atoms with Crippen LogP contribution >= 0.6 is 0 Å². The lowest BCUT2D eigenvalue weighted by Crippen LogP contribution is -2.50. The molecule has 1 fully saturated rings. The summed E-state index contributed by atoms with van der Waals surface area (Å²) in [5, 5.41) is 8.55. The maximum atomic E-state index is 13.3. The topological polar surface area (TPSA) is 99.8 Å². The molecule has 1 saturated heterocycles. The van der Waals surface area contributed by atoms with Crippen molar-refractivity contribution in [3.8, 4) is 0 Å². The maximum absolute atomic E-state index is 13.3. The number of nitrogens with one attached hydrogen (secondary N) is 3. The van der Waals surface area contributed by atoms with E-state index in [2.05, 4.69) is 16.0 Å². The Hall–Kier alpha value is -3.39. The number of anilines is 2. The maximum Gasteiger partial charge on any atom is 0.319 e. The van der Waals surface area contributed by atoms with Gasteiger partial charge in [-0.15, -0.1) is 0 Å². The molecule has 0 radical (unpaired) electrons. The first kappa shape index (κ1) is 24.7. The van der Waals surface area contributed by atoms with Crippen LogP contribution in [-0.2, 0) is 27.3 Å². The predicted octanol–water partition coefficient (Wildman–Crippen LogP) is 3.93. The van der Waals surface area contributed by atoms with E-state index in [9.17, 15) is 14.4 Å². The van der Waals surface area contributed by atoms with Crippen LogP contribution in [0.2, 0.25) is 0 Å². The highest BCUT2D eigenvalue weighted by atomic mass is 16.5. The van der Waals surface area contributed by atoms with Crippen molar-refractivity contribution in [2.75, 3.05) is 23.8 Å². The van der Waals surface area contributed by atoms with Crippen LogP contribution in [0.15, 0.2) is 48.5 Å². The SMILES string of the molecule is CC(C)CC(=O)N1Cc2ccccc2CC1C(=O)Nc1ccc(NC(=O)NCC2CCCO2)cc1. The third-order valence-electron chi connectivity index (χ3n) is 6.38. The molecule has 8 nitrogen and oxygen atoms in total. The molecule has 2 heterocycles. The standard InChI is InChI=1S/C27H34N4O4/c1-18(2)14-25(32)31-17-20-7-4-3-6-19(20)15-24(31)26(33)29-21-9-11-22(12-10-21)30-27(34)28-16-23-8-5-13-35-23/h3-4,6-7,9-12,18,23-24H,5,8,13-17H2,1-2H3,(H,29,33)(H2,28,30,34). The smallest absolute Gasteiger partial charge is 0.319 e. The van der Waals surface area contributed by atoms with E-state index in [0.717, 1.165) is 30.6 Å². The molecule has 2 aliphatic rings. The zero-order chi connectivity index (χ0) is 24.8. The molecule has 35 heavy (non-hydrogen) atoms. The molecule has 0 spiro atoms. The number of rotatable bonds is 7. The summed E-state index contributed by atoms with van der Waals surface area (Å²) in [5.74, 6) is -0.0128. The first-order valence-corrected chi connectivity index (χ1v) is 12.3. The lowest BCUT2D eigenvalue weighted by molar-refractivity contribution is -0.140. The van der Waals surface area contributed by atoms with Crippen LogP contribution in [0, 0.1) is 5.92 Å². The average molecular weight is 479 g/mol. The Morgan fingerprint density at radius 2 is 1.69 bits per heavy atom. The molecule has 0 saturated carbocycles. The second-order valence-corrected chi connectivity index (χ2v) is 9.64. The van der Waals surface area contributed by atoms with Gasteiger partial charge in [0.2, 0.25) is 11.8 Å². The number of fused-ring (bicyclic) bond motifs is 1. The number of amides is 4. The molecule has 3 N–H and O–H groups in total. The molecule has 186 valence electrons. The second kappa shape index (κ2) is 11.4. The average Bonchev–Trinajstić information content (AvgIpc) is 3.36. The summed E-state index contributed by atoms with van der Waals surface area (Å²) >= 11 is 0. The van der Waals surface area contributed by atoms with E-state index in [1.165, 1.54) is 0 Å². The van der Waals surface area contributed by atoms with Crippen molar-refractivity contribution in [1.29, 1.82) is 0 Å². The number of urea groups is 1. The number of hydrogen-bond acceptors (Lipinski definition) is 4. The Balaban J connectivity index is 1.37. The molecule has 0 aliphatic carbocycles. The fraction of sp³-hybridized carbons (Fsp3) is 0.444. The minimum Gasteiger partial charge on any atom is -0.376 e. The number of hydrogen-bond donors (Lipinski definition) is 3. The highest BCUT2D eigenvalue weighted by Crippen LogP contribution is 2.26. The molecule has 4 rings (SSSR count). The van der Waals surface area contributed by atoms with Crippen molar-refractivity contribution in [2.45, 2.75) is 58.2 Å². The first-order valence-electron chi connectivity index (χ1n) is 12.3. The van der Waals surface area contributed by atoms with Crippen molar-refractivity contribution in [3.05, 3.63) is 59.7 Å².